The summed E-state index contributed by atoms with van der Waals surface area (Å²) in [7, 11) is 0. The van der Waals surface area contributed by atoms with E-state index in [4.69, 9.17) is 25.0 Å². The Hall–Kier alpha value is -8.29. The fourth-order valence-electron chi connectivity index (χ4n) is 18.0. The number of nitrogens with zero attached hydrogens (tertiary/aromatic N) is 12. The van der Waals surface area contributed by atoms with Crippen LogP contribution in [0.25, 0.3) is 0 Å². The number of aliphatic hydroxyl groups excluding tert-OH is 1. The molecule has 0 heterocycles. The van der Waals surface area contributed by atoms with Gasteiger partial charge in [0.05, 0.1) is 102 Å². The monoisotopic (exact) mass is 1720 g/mol. The van der Waals surface area contributed by atoms with Crippen molar-refractivity contribution in [3.05, 3.63) is 231 Å². The van der Waals surface area contributed by atoms with Crippen LogP contribution in [0.1, 0.15) is 350 Å². The third-order valence-corrected chi connectivity index (χ3v) is 25.7. The summed E-state index contributed by atoms with van der Waals surface area (Å²) in [5.74, 6) is 0.628. The lowest BCUT2D eigenvalue weighted by Crippen LogP contribution is -2.36. The van der Waals surface area contributed by atoms with Crippen LogP contribution in [0, 0.1) is 73.6 Å². The lowest BCUT2D eigenvalue weighted by molar-refractivity contribution is 0.158. The summed E-state index contributed by atoms with van der Waals surface area (Å²) in [5.41, 5.74) is 25.8. The molecule has 0 aliphatic heterocycles. The van der Waals surface area contributed by atoms with Crippen molar-refractivity contribution < 1.29 is 5.11 Å². The van der Waals surface area contributed by atoms with E-state index >= 15 is 0 Å². The zero-order valence-corrected chi connectivity index (χ0v) is 87.2. The van der Waals surface area contributed by atoms with E-state index in [1.807, 2.05) is 18.2 Å². The third kappa shape index (κ3) is 29.1. The first-order valence-corrected chi connectivity index (χ1v) is 48.9. The van der Waals surface area contributed by atoms with Gasteiger partial charge in [-0.3, -0.25) is 34.9 Å². The van der Waals surface area contributed by atoms with Crippen molar-refractivity contribution in [3.8, 4) is 0 Å². The summed E-state index contributed by atoms with van der Waals surface area (Å²) in [5, 5.41) is 18.7. The normalized spacial score (nSPS) is 15.9. The fourth-order valence-corrected chi connectivity index (χ4v) is 18.0. The number of benzene rings is 4. The van der Waals surface area contributed by atoms with Crippen molar-refractivity contribution in [1.29, 1.82) is 0 Å². The maximum absolute atomic E-state index is 10.0. The minimum atomic E-state index is -0.355. The minimum Gasteiger partial charge on any atom is -0.390 e. The van der Waals surface area contributed by atoms with Crippen LogP contribution in [0.4, 0.5) is 28.4 Å². The highest BCUT2D eigenvalue weighted by molar-refractivity contribution is 5.69. The molecule has 0 bridgehead atoms. The molecule has 1 aliphatic rings. The highest BCUT2D eigenvalue weighted by atomic mass is 16.3. The van der Waals surface area contributed by atoms with Crippen molar-refractivity contribution in [3.63, 3.8) is 0 Å². The van der Waals surface area contributed by atoms with Crippen molar-refractivity contribution in [1.82, 2.24) is 0 Å². The lowest BCUT2D eigenvalue weighted by atomic mass is 9.86. The Balaban J connectivity index is 0.000000228. The van der Waals surface area contributed by atoms with Gasteiger partial charge in [-0.15, -0.1) is 0 Å². The second-order valence-corrected chi connectivity index (χ2v) is 40.5. The summed E-state index contributed by atoms with van der Waals surface area (Å²) in [6.07, 6.45) is 6.89. The second kappa shape index (κ2) is 47.9. The lowest BCUT2D eigenvalue weighted by Gasteiger charge is -2.30. The van der Waals surface area contributed by atoms with Gasteiger partial charge in [0.25, 0.3) is 0 Å². The van der Waals surface area contributed by atoms with Crippen molar-refractivity contribution >= 4 is 28.4 Å². The molecule has 13 heteroatoms. The highest BCUT2D eigenvalue weighted by Crippen LogP contribution is 2.37. The van der Waals surface area contributed by atoms with Gasteiger partial charge in [-0.2, -0.15) is 0 Å². The predicted molar refractivity (Wildman–Crippen MR) is 547 cm³/mol. The van der Waals surface area contributed by atoms with Crippen LogP contribution in [0.2, 0.25) is 0 Å². The Labute approximate surface area is 767 Å². The molecule has 11 aromatic carbocycles. The van der Waals surface area contributed by atoms with Crippen LogP contribution < -0.4 is 62.0 Å². The predicted octanol–water partition coefficient (Wildman–Crippen LogP) is 24.8. The molecule has 0 aromatic heterocycles. The van der Waals surface area contributed by atoms with Crippen LogP contribution in [-0.4, -0.2) is 95.8 Å². The molecule has 0 saturated heterocycles. The Morgan fingerprint density at radius 2 is 0.675 bits per heavy atom. The number of fused-ring (bicyclic) bond motifs is 1. The van der Waals surface area contributed by atoms with E-state index in [1.54, 1.807) is 0 Å². The topological polar surface area (TPSA) is 123 Å². The fraction of sp³-hybridized carbons (Fsp3) is 0.602. The highest BCUT2D eigenvalue weighted by Gasteiger charge is 2.35. The van der Waals surface area contributed by atoms with Crippen molar-refractivity contribution in [2.24, 2.45) is 46.3 Å². The molecule has 0 radical (unpaired) electrons. The van der Waals surface area contributed by atoms with Gasteiger partial charge in [-0.1, -0.05) is 184 Å². The molecule has 8 atom stereocenters. The second-order valence-electron chi connectivity index (χ2n) is 40.5. The number of hydrogen-bond acceptors (Lipinski definition) is 13. The molecule has 1 N–H and O–H groups in total. The van der Waals surface area contributed by atoms with Crippen LogP contribution >= 0.6 is 0 Å². The summed E-state index contributed by atoms with van der Waals surface area (Å²) in [6.45, 7) is 91.4. The van der Waals surface area contributed by atoms with Gasteiger partial charge in [-0.05, 0) is 315 Å². The first-order valence-electron chi connectivity index (χ1n) is 48.9. The molecule has 0 saturated carbocycles. The molecule has 126 heavy (non-hydrogen) atoms. The molecule has 0 spiro atoms. The Kier molecular flexibility index (Phi) is 40.4. The number of rotatable bonds is 32. The quantitative estimate of drug-likeness (QED) is 0.0448. The van der Waals surface area contributed by atoms with E-state index in [1.165, 1.54) is 138 Å². The van der Waals surface area contributed by atoms with E-state index in [0.29, 0.717) is 90.5 Å². The molecular formula is C113H176N12O. The molecular weight excluding hydrogens is 1540 g/mol. The van der Waals surface area contributed by atoms with Crippen molar-refractivity contribution in [2.45, 2.75) is 438 Å². The molecule has 11 aromatic rings. The van der Waals surface area contributed by atoms with Gasteiger partial charge in [0, 0.05) is 101 Å². The van der Waals surface area contributed by atoms with Crippen LogP contribution in [0.15, 0.2) is 150 Å². The van der Waals surface area contributed by atoms with E-state index in [9.17, 15) is 5.11 Å². The number of aliphatic hydroxyl groups is 1. The van der Waals surface area contributed by atoms with Gasteiger partial charge < -0.3 is 29.6 Å². The molecule has 13 nitrogen and oxygen atoms in total. The van der Waals surface area contributed by atoms with Gasteiger partial charge in [0.15, 0.2) is 0 Å². The van der Waals surface area contributed by atoms with E-state index in [-0.39, 0.29) is 29.6 Å². The van der Waals surface area contributed by atoms with E-state index < -0.39 is 0 Å². The molecule has 0 fully saturated rings. The Bertz CT molecular complexity index is 5100. The molecule has 12 rings (SSSR count). The summed E-state index contributed by atoms with van der Waals surface area (Å²) < 4.78 is 0. The van der Waals surface area contributed by atoms with Gasteiger partial charge in [0.2, 0.25) is 0 Å². The first-order chi connectivity index (χ1) is 59.1. The standard InChI is InChI=1S/C20H30N2.C19H28N2.C17H32N2.C16H30N2.C14H26N2.C14H15NO.C13H15N/c1-7-18(13-17-11-9-8-10-12-17)21-19-16(6)20(19)22(14(2)3)15(4)5;1-7-17(16-11-9-8-10-12-16)20-18-15(6)19(18)21(13(2)3)14(4)5;1-10-14(17(7,8)9)18-15-13(6)16(15)19(11(2)3)12(4)5;1-9-14(10(2)3)17-15-13(8)16(15)18(11(4)5)12(6)7;1-8-11(6)15-13-12(7)14(13)16(9(2)3)10(4)5;1-8-9(2)13(8)15-14-11-6-4-3-5-10(11)7-12(14)16;1-9-10(2)13(9)14-11(3)12-7-5-4-6-8-12/h8-12,14-15,18H,7,13H2,1-6H3;8-14,17H,7H2,1-6H3;11-12,14H,10H2,1-9H3;10-12,14H,9H2,1-8H3;9-11H,8H2,1-7H3;3-6,12,14,16H,7H2,1-2H3;4-8,11H,1-3H3/t18-;17-;2*14-;11-;12-,14?;11-/m1111010/s1. The maximum Gasteiger partial charge on any atom is 0.102 e. The zero-order chi connectivity index (χ0) is 94.7. The van der Waals surface area contributed by atoms with E-state index in [0.717, 1.165) is 50.3 Å². The zero-order valence-electron chi connectivity index (χ0n) is 87.2. The van der Waals surface area contributed by atoms with Crippen molar-refractivity contribution in [2.75, 3.05) is 24.5 Å². The average Bonchev–Trinajstić information content (AvgIpc) is 1.62. The minimum absolute atomic E-state index is 0.0569. The van der Waals surface area contributed by atoms with Crippen LogP contribution in [0.3, 0.4) is 0 Å². The largest absolute Gasteiger partial charge is 0.390 e. The smallest absolute Gasteiger partial charge is 0.102 e. The molecule has 694 valence electrons. The molecule has 1 unspecified atom stereocenters. The third-order valence-electron chi connectivity index (χ3n) is 25.7. The maximum atomic E-state index is 10.0. The van der Waals surface area contributed by atoms with Crippen LogP contribution in [-0.2, 0) is 12.8 Å². The summed E-state index contributed by atoms with van der Waals surface area (Å²) in [6, 6.07) is 47.5. The van der Waals surface area contributed by atoms with Gasteiger partial charge in [0.1, 0.15) is 6.04 Å². The van der Waals surface area contributed by atoms with Crippen LogP contribution in [0.5, 0.6) is 0 Å². The number of hydrogen-bond donors (Lipinski definition) is 1. The SMILES string of the molecule is CC[C@@H](N=c1c(C)c1N(C(C)C)C(C)C)C(C)(C)C.CC[C@@H](N=c1c(C)c1N(C(C)C)C(C)C)C(C)C.CC[C@@H](N=c1c(C)c1N(C(C)C)C(C)C)c1ccccc1.CC[C@H](C)N=c1c(C)c1N(C(C)C)C(C)C.CC[C@H](Cc1ccccc1)N=c1c(C)c1N(C(C)C)C(C)C.Cc1c(C)c1=NC1c2ccccc2C[C@H]1O.Cc1c(C)c1=N[C@@H](C)c1ccccc1. The molecule has 1 aliphatic carbocycles. The van der Waals surface area contributed by atoms with Gasteiger partial charge in [-0.25, -0.2) is 0 Å². The Morgan fingerprint density at radius 3 is 1.01 bits per heavy atom. The first kappa shape index (κ1) is 106. The molecule has 0 amide bonds. The number of anilines is 5. The average molecular weight is 1720 g/mol. The summed E-state index contributed by atoms with van der Waals surface area (Å²) >= 11 is 0. The summed E-state index contributed by atoms with van der Waals surface area (Å²) in [4.78, 5) is 46.6. The van der Waals surface area contributed by atoms with Gasteiger partial charge >= 0.3 is 0 Å². The Morgan fingerprint density at radius 1 is 0.333 bits per heavy atom. The van der Waals surface area contributed by atoms with E-state index in [2.05, 4.69) is 415 Å².